The molecule has 2 aromatic rings. The van der Waals surface area contributed by atoms with Crippen molar-refractivity contribution in [1.82, 2.24) is 10.2 Å². The minimum atomic E-state index is -0.707. The summed E-state index contributed by atoms with van der Waals surface area (Å²) in [6, 6.07) is 11.3. The average Bonchev–Trinajstić information content (AvgIpc) is 3.09. The van der Waals surface area contributed by atoms with Gasteiger partial charge in [0, 0.05) is 23.7 Å². The number of likely N-dealkylation sites (N-methyl/N-ethyl adjacent to an activating group) is 1. The van der Waals surface area contributed by atoms with Crippen LogP contribution in [0.15, 0.2) is 42.0 Å². The summed E-state index contributed by atoms with van der Waals surface area (Å²) in [6.45, 7) is 0.874. The monoisotopic (exact) mass is 434 g/mol. The first-order valence-corrected chi connectivity index (χ1v) is 10.5. The van der Waals surface area contributed by atoms with Crippen molar-refractivity contribution < 1.29 is 29.2 Å². The lowest BCUT2D eigenvalue weighted by atomic mass is 9.82. The molecule has 3 aliphatic rings. The molecule has 5 rings (SSSR count). The van der Waals surface area contributed by atoms with E-state index in [1.54, 1.807) is 12.1 Å². The standard InChI is InChI=1S/C24H23N3O5/c1-27(2)9-8-13-4-3-5-17-21(13)32-22-19-18(23(29)26-24(19)30)16-12-14(31-11-10-28)6-7-15(16)20(22)25-17/h3-7,12,22,28H,8-11H2,1-2H3,(H,26,29,30)/p+1. The molecule has 3 N–H and O–H groups in total. The molecule has 32 heavy (non-hydrogen) atoms. The minimum absolute atomic E-state index is 0.119. The molecule has 0 fully saturated rings. The third kappa shape index (κ3) is 3.28. The number of imide groups is 1. The Bertz CT molecular complexity index is 1200. The molecular weight excluding hydrogens is 410 g/mol. The molecule has 2 heterocycles. The molecule has 0 radical (unpaired) electrons. The second-order valence-corrected chi connectivity index (χ2v) is 8.24. The number of carbonyl (C=O) groups excluding carboxylic acids is 2. The molecule has 0 spiro atoms. The average molecular weight is 434 g/mol. The first-order chi connectivity index (χ1) is 15.5. The maximum atomic E-state index is 12.8. The van der Waals surface area contributed by atoms with Gasteiger partial charge in [-0.25, -0.2) is 4.99 Å². The Morgan fingerprint density at radius 3 is 2.78 bits per heavy atom. The molecule has 0 aromatic heterocycles. The number of rotatable bonds is 6. The Morgan fingerprint density at radius 1 is 1.16 bits per heavy atom. The van der Waals surface area contributed by atoms with Crippen molar-refractivity contribution >= 4 is 28.8 Å². The fourth-order valence-electron chi connectivity index (χ4n) is 4.37. The lowest BCUT2D eigenvalue weighted by molar-refractivity contribution is -0.363. The van der Waals surface area contributed by atoms with Gasteiger partial charge >= 0.3 is 0 Å². The van der Waals surface area contributed by atoms with Gasteiger partial charge in [0.15, 0.2) is 5.75 Å². The maximum Gasteiger partial charge on any atom is 0.259 e. The largest absolute Gasteiger partial charge is 0.491 e. The van der Waals surface area contributed by atoms with Crippen LogP contribution >= 0.6 is 0 Å². The number of benzene rings is 2. The lowest BCUT2D eigenvalue weighted by Crippen LogP contribution is -2.73. The summed E-state index contributed by atoms with van der Waals surface area (Å²) in [7, 11) is 4.03. The number of nitrogens with zero attached hydrogens (tertiary/aromatic N) is 1. The van der Waals surface area contributed by atoms with Crippen LogP contribution in [0.2, 0.25) is 0 Å². The molecule has 2 aromatic carbocycles. The van der Waals surface area contributed by atoms with E-state index in [-0.39, 0.29) is 13.2 Å². The number of amides is 2. The van der Waals surface area contributed by atoms with Gasteiger partial charge in [0.1, 0.15) is 12.4 Å². The topological polar surface area (TPSA) is 102 Å². The summed E-state index contributed by atoms with van der Waals surface area (Å²) in [5.74, 6) is 0.322. The number of ether oxygens (including phenoxy) is 2. The molecule has 0 saturated heterocycles. The molecular formula is C24H24N3O5+. The fourth-order valence-corrected chi connectivity index (χ4v) is 4.37. The van der Waals surface area contributed by atoms with E-state index in [9.17, 15) is 9.59 Å². The van der Waals surface area contributed by atoms with Crippen molar-refractivity contribution in [2.45, 2.75) is 12.5 Å². The summed E-state index contributed by atoms with van der Waals surface area (Å²) in [5.41, 5.74) is 4.57. The van der Waals surface area contributed by atoms with Crippen molar-refractivity contribution in [3.05, 3.63) is 58.7 Å². The Kier molecular flexibility index (Phi) is 5.03. The van der Waals surface area contributed by atoms with Crippen LogP contribution in [0.5, 0.6) is 11.5 Å². The Balaban J connectivity index is 1.65. The third-order valence-electron chi connectivity index (χ3n) is 5.83. The molecule has 1 unspecified atom stereocenters. The van der Waals surface area contributed by atoms with Crippen molar-refractivity contribution in [2.24, 2.45) is 0 Å². The zero-order valence-electron chi connectivity index (χ0n) is 17.9. The van der Waals surface area contributed by atoms with E-state index < -0.39 is 17.9 Å². The summed E-state index contributed by atoms with van der Waals surface area (Å²) in [6.07, 6.45) is 0.0835. The fraction of sp³-hybridized carbons (Fsp3) is 0.292. The number of nitrogens with one attached hydrogen (secondary N) is 2. The van der Waals surface area contributed by atoms with E-state index in [2.05, 4.69) is 15.2 Å². The smallest absolute Gasteiger partial charge is 0.259 e. The van der Waals surface area contributed by atoms with Crippen molar-refractivity contribution in [3.63, 3.8) is 0 Å². The van der Waals surface area contributed by atoms with Crippen LogP contribution in [0.3, 0.4) is 0 Å². The Labute approximate surface area is 185 Å². The predicted octanol–water partition coefficient (Wildman–Crippen LogP) is -0.452. The second-order valence-electron chi connectivity index (χ2n) is 8.24. The Hall–Kier alpha value is -3.49. The number of carbonyl (C=O) groups is 2. The van der Waals surface area contributed by atoms with Gasteiger partial charge < -0.3 is 19.5 Å². The highest BCUT2D eigenvalue weighted by Crippen LogP contribution is 2.40. The van der Waals surface area contributed by atoms with Crippen LogP contribution in [0.1, 0.15) is 16.7 Å². The lowest BCUT2D eigenvalue weighted by Gasteiger charge is -2.28. The van der Waals surface area contributed by atoms with E-state index in [0.717, 1.165) is 35.5 Å². The normalized spacial score (nSPS) is 18.4. The van der Waals surface area contributed by atoms with Gasteiger partial charge in [0.2, 0.25) is 17.5 Å². The van der Waals surface area contributed by atoms with Crippen LogP contribution in [0, 0.1) is 0 Å². The number of fused-ring (bicyclic) bond motifs is 6. The zero-order chi connectivity index (χ0) is 22.4. The molecule has 2 amide bonds. The number of hydrogen-bond acceptors (Lipinski definition) is 6. The van der Waals surface area contributed by atoms with E-state index >= 15 is 0 Å². The van der Waals surface area contributed by atoms with E-state index in [0.29, 0.717) is 28.2 Å². The Morgan fingerprint density at radius 2 is 2.00 bits per heavy atom. The second kappa shape index (κ2) is 7.89. The van der Waals surface area contributed by atoms with Gasteiger partial charge in [-0.1, -0.05) is 12.1 Å². The summed E-state index contributed by atoms with van der Waals surface area (Å²) in [4.78, 5) is 31.0. The van der Waals surface area contributed by atoms with E-state index in [1.165, 1.54) is 0 Å². The van der Waals surface area contributed by atoms with E-state index in [1.807, 2.05) is 38.4 Å². The zero-order valence-corrected chi connectivity index (χ0v) is 17.9. The molecule has 2 aliphatic heterocycles. The number of aliphatic hydroxyl groups excluding tert-OH is 1. The van der Waals surface area contributed by atoms with E-state index in [4.69, 9.17) is 14.6 Å². The van der Waals surface area contributed by atoms with Gasteiger partial charge in [-0.2, -0.15) is 0 Å². The summed E-state index contributed by atoms with van der Waals surface area (Å²) in [5, 5.41) is 11.5. The van der Waals surface area contributed by atoms with Gasteiger partial charge in [0.25, 0.3) is 11.8 Å². The number of hydrogen-bond donors (Lipinski definition) is 3. The molecule has 0 saturated carbocycles. The van der Waals surface area contributed by atoms with Gasteiger partial charge in [-0.15, -0.1) is 0 Å². The van der Waals surface area contributed by atoms with Crippen LogP contribution in [-0.2, 0) is 16.0 Å². The molecule has 8 heteroatoms. The summed E-state index contributed by atoms with van der Waals surface area (Å²) < 4.78 is 12.0. The van der Waals surface area contributed by atoms with Crippen molar-refractivity contribution in [2.75, 3.05) is 33.9 Å². The van der Waals surface area contributed by atoms with Crippen molar-refractivity contribution in [1.29, 1.82) is 0 Å². The highest BCUT2D eigenvalue weighted by Gasteiger charge is 2.49. The van der Waals surface area contributed by atoms with Gasteiger partial charge in [-0.3, -0.25) is 14.9 Å². The molecule has 1 aliphatic carbocycles. The van der Waals surface area contributed by atoms with Crippen molar-refractivity contribution in [3.8, 4) is 11.5 Å². The number of aliphatic hydroxyl groups is 1. The third-order valence-corrected chi connectivity index (χ3v) is 5.83. The number of para-hydroxylation sites is 1. The first kappa shape index (κ1) is 20.4. The molecule has 1 atom stereocenters. The molecule has 164 valence electrons. The van der Waals surface area contributed by atoms with Crippen LogP contribution < -0.4 is 19.8 Å². The van der Waals surface area contributed by atoms with Crippen LogP contribution in [0.4, 0.5) is 5.69 Å². The maximum absolute atomic E-state index is 12.8. The molecule has 0 bridgehead atoms. The van der Waals surface area contributed by atoms with Crippen LogP contribution in [0.25, 0.3) is 5.57 Å². The van der Waals surface area contributed by atoms with Crippen LogP contribution in [-0.4, -0.2) is 67.5 Å². The molecule has 8 nitrogen and oxygen atoms in total. The highest BCUT2D eigenvalue weighted by atomic mass is 16.5. The predicted molar refractivity (Wildman–Crippen MR) is 117 cm³/mol. The van der Waals surface area contributed by atoms with Gasteiger partial charge in [-0.05, 0) is 38.7 Å². The summed E-state index contributed by atoms with van der Waals surface area (Å²) >= 11 is 0. The minimum Gasteiger partial charge on any atom is -0.491 e. The SMILES string of the molecule is CN(C)CCc1cccc2c1OC1C(=[NH+]2)c2ccc(OCCO)cc2C2=C1C(=O)NC2=O. The highest BCUT2D eigenvalue weighted by molar-refractivity contribution is 6.40. The van der Waals surface area contributed by atoms with Gasteiger partial charge in [0.05, 0.1) is 23.3 Å². The quantitative estimate of drug-likeness (QED) is 0.533. The first-order valence-electron chi connectivity index (χ1n) is 10.5.